The average Bonchev–Trinajstić information content (AvgIpc) is 2.91. The van der Waals surface area contributed by atoms with Crippen molar-refractivity contribution in [2.45, 2.75) is 25.7 Å². The number of nitriles is 1. The molecule has 5 nitrogen and oxygen atoms in total. The molecule has 0 aromatic heterocycles. The molecule has 0 atom stereocenters. The average molecular weight is 257 g/mol. The van der Waals surface area contributed by atoms with Crippen LogP contribution in [0.4, 0.5) is 11.4 Å². The van der Waals surface area contributed by atoms with Gasteiger partial charge in [0, 0.05) is 18.3 Å². The molecule has 1 aliphatic carbocycles. The van der Waals surface area contributed by atoms with Crippen LogP contribution in [0, 0.1) is 21.4 Å². The van der Waals surface area contributed by atoms with Crippen LogP contribution >= 0.6 is 0 Å². The van der Waals surface area contributed by atoms with E-state index in [4.69, 9.17) is 5.26 Å². The van der Waals surface area contributed by atoms with Gasteiger partial charge in [-0.3, -0.25) is 10.1 Å². The smallest absolute Gasteiger partial charge is 0.287 e. The molecule has 0 saturated heterocycles. The van der Waals surface area contributed by atoms with Gasteiger partial charge < -0.3 is 5.32 Å². The maximum atomic E-state index is 10.7. The molecule has 0 radical (unpaired) electrons. The van der Waals surface area contributed by atoms with E-state index in [0.717, 1.165) is 18.7 Å². The molecule has 0 saturated carbocycles. The standard InChI is InChI=1S/C14H15N3O2/c15-10-12-9-13(5-6-14(12)17(18)19)16-8-7-11-3-1-2-4-11/h3,5-6,9,16H,1-2,4,7-8H2. The Hall–Kier alpha value is -2.35. The van der Waals surface area contributed by atoms with Gasteiger partial charge in [-0.25, -0.2) is 0 Å². The number of nitro benzene ring substituents is 1. The Labute approximate surface area is 111 Å². The minimum absolute atomic E-state index is 0.0927. The van der Waals surface area contributed by atoms with Crippen LogP contribution < -0.4 is 5.32 Å². The van der Waals surface area contributed by atoms with Gasteiger partial charge in [0.15, 0.2) is 0 Å². The first kappa shape index (κ1) is 13.1. The van der Waals surface area contributed by atoms with Crippen molar-refractivity contribution in [1.82, 2.24) is 0 Å². The number of nitro groups is 1. The van der Waals surface area contributed by atoms with Crippen molar-refractivity contribution in [1.29, 1.82) is 5.26 Å². The van der Waals surface area contributed by atoms with E-state index in [9.17, 15) is 10.1 Å². The molecular weight excluding hydrogens is 242 g/mol. The van der Waals surface area contributed by atoms with E-state index in [-0.39, 0.29) is 11.3 Å². The number of rotatable bonds is 5. The molecule has 19 heavy (non-hydrogen) atoms. The first-order valence-electron chi connectivity index (χ1n) is 6.31. The number of allylic oxidation sites excluding steroid dienone is 1. The van der Waals surface area contributed by atoms with Gasteiger partial charge in [0.1, 0.15) is 11.6 Å². The van der Waals surface area contributed by atoms with Crippen LogP contribution in [0.3, 0.4) is 0 Å². The van der Waals surface area contributed by atoms with E-state index in [0.29, 0.717) is 0 Å². The quantitative estimate of drug-likeness (QED) is 0.498. The Kier molecular flexibility index (Phi) is 4.14. The van der Waals surface area contributed by atoms with Crippen molar-refractivity contribution < 1.29 is 4.92 Å². The first-order chi connectivity index (χ1) is 9.20. The molecule has 0 fully saturated rings. The zero-order valence-electron chi connectivity index (χ0n) is 10.6. The van der Waals surface area contributed by atoms with Crippen LogP contribution in [0.5, 0.6) is 0 Å². The predicted octanol–water partition coefficient (Wildman–Crippen LogP) is 3.38. The lowest BCUT2D eigenvalue weighted by atomic mass is 10.1. The topological polar surface area (TPSA) is 79.0 Å². The Morgan fingerprint density at radius 2 is 2.32 bits per heavy atom. The summed E-state index contributed by atoms with van der Waals surface area (Å²) in [5.74, 6) is 0. The van der Waals surface area contributed by atoms with Gasteiger partial charge in [0.2, 0.25) is 0 Å². The third-order valence-electron chi connectivity index (χ3n) is 3.22. The Bertz CT molecular complexity index is 558. The summed E-state index contributed by atoms with van der Waals surface area (Å²) in [4.78, 5) is 10.2. The number of hydrogen-bond acceptors (Lipinski definition) is 4. The second kappa shape index (κ2) is 6.01. The van der Waals surface area contributed by atoms with E-state index in [1.807, 2.05) is 6.07 Å². The SMILES string of the molecule is N#Cc1cc(NCCC2=CCCC2)ccc1[N+](=O)[O-]. The molecule has 1 aromatic carbocycles. The number of benzene rings is 1. The van der Waals surface area contributed by atoms with Crippen molar-refractivity contribution in [2.75, 3.05) is 11.9 Å². The highest BCUT2D eigenvalue weighted by atomic mass is 16.6. The molecule has 0 spiro atoms. The fraction of sp³-hybridized carbons (Fsp3) is 0.357. The van der Waals surface area contributed by atoms with E-state index < -0.39 is 4.92 Å². The predicted molar refractivity (Wildman–Crippen MR) is 72.9 cm³/mol. The highest BCUT2D eigenvalue weighted by Crippen LogP contribution is 2.23. The van der Waals surface area contributed by atoms with Gasteiger partial charge in [-0.05, 0) is 37.8 Å². The van der Waals surface area contributed by atoms with Gasteiger partial charge in [-0.2, -0.15) is 5.26 Å². The van der Waals surface area contributed by atoms with Crippen LogP contribution in [0.15, 0.2) is 29.8 Å². The van der Waals surface area contributed by atoms with Crippen LogP contribution in [0.25, 0.3) is 0 Å². The minimum atomic E-state index is -0.536. The van der Waals surface area contributed by atoms with Gasteiger partial charge in [0.05, 0.1) is 4.92 Å². The van der Waals surface area contributed by atoms with Gasteiger partial charge in [-0.15, -0.1) is 0 Å². The summed E-state index contributed by atoms with van der Waals surface area (Å²) in [5, 5.41) is 22.8. The molecule has 5 heteroatoms. The maximum Gasteiger partial charge on any atom is 0.287 e. The van der Waals surface area contributed by atoms with Crippen LogP contribution in [0.2, 0.25) is 0 Å². The van der Waals surface area contributed by atoms with Crippen LogP contribution in [-0.2, 0) is 0 Å². The molecule has 0 heterocycles. The van der Waals surface area contributed by atoms with Crippen LogP contribution in [0.1, 0.15) is 31.2 Å². The number of hydrogen-bond donors (Lipinski definition) is 1. The lowest BCUT2D eigenvalue weighted by Crippen LogP contribution is -2.03. The summed E-state index contributed by atoms with van der Waals surface area (Å²) < 4.78 is 0. The summed E-state index contributed by atoms with van der Waals surface area (Å²) >= 11 is 0. The van der Waals surface area contributed by atoms with E-state index in [2.05, 4.69) is 11.4 Å². The lowest BCUT2D eigenvalue weighted by Gasteiger charge is -2.07. The van der Waals surface area contributed by atoms with Crippen molar-refractivity contribution >= 4 is 11.4 Å². The molecule has 0 bridgehead atoms. The third-order valence-corrected chi connectivity index (χ3v) is 3.22. The molecule has 1 N–H and O–H groups in total. The Morgan fingerprint density at radius 3 is 2.95 bits per heavy atom. The number of nitrogens with zero attached hydrogens (tertiary/aromatic N) is 2. The molecule has 1 aliphatic rings. The molecular formula is C14H15N3O2. The van der Waals surface area contributed by atoms with Crippen molar-refractivity contribution in [3.8, 4) is 6.07 Å². The van der Waals surface area contributed by atoms with E-state index >= 15 is 0 Å². The summed E-state index contributed by atoms with van der Waals surface area (Å²) in [6, 6.07) is 6.40. The minimum Gasteiger partial charge on any atom is -0.385 e. The normalized spacial score (nSPS) is 13.7. The Morgan fingerprint density at radius 1 is 1.47 bits per heavy atom. The van der Waals surface area contributed by atoms with E-state index in [1.54, 1.807) is 6.07 Å². The summed E-state index contributed by atoms with van der Waals surface area (Å²) in [6.45, 7) is 0.786. The van der Waals surface area contributed by atoms with Gasteiger partial charge >= 0.3 is 0 Å². The maximum absolute atomic E-state index is 10.7. The second-order valence-corrected chi connectivity index (χ2v) is 4.53. The zero-order valence-corrected chi connectivity index (χ0v) is 10.6. The van der Waals surface area contributed by atoms with Gasteiger partial charge in [0.25, 0.3) is 5.69 Å². The summed E-state index contributed by atoms with van der Waals surface area (Å²) in [7, 11) is 0. The second-order valence-electron chi connectivity index (χ2n) is 4.53. The molecule has 0 amide bonds. The van der Waals surface area contributed by atoms with Crippen molar-refractivity contribution in [3.05, 3.63) is 45.5 Å². The molecule has 98 valence electrons. The Balaban J connectivity index is 1.97. The summed E-state index contributed by atoms with van der Waals surface area (Å²) in [6.07, 6.45) is 6.85. The largest absolute Gasteiger partial charge is 0.385 e. The monoisotopic (exact) mass is 257 g/mol. The number of nitrogens with one attached hydrogen (secondary N) is 1. The number of anilines is 1. The highest BCUT2D eigenvalue weighted by molar-refractivity contribution is 5.58. The van der Waals surface area contributed by atoms with Crippen LogP contribution in [-0.4, -0.2) is 11.5 Å². The molecule has 0 unspecified atom stereocenters. The molecule has 1 aromatic rings. The van der Waals surface area contributed by atoms with Crippen molar-refractivity contribution in [3.63, 3.8) is 0 Å². The van der Waals surface area contributed by atoms with Gasteiger partial charge in [-0.1, -0.05) is 11.6 Å². The highest BCUT2D eigenvalue weighted by Gasteiger charge is 2.13. The summed E-state index contributed by atoms with van der Waals surface area (Å²) in [5.41, 5.74) is 2.16. The molecule has 0 aliphatic heterocycles. The zero-order chi connectivity index (χ0) is 13.7. The molecule has 2 rings (SSSR count). The first-order valence-corrected chi connectivity index (χ1v) is 6.31. The lowest BCUT2D eigenvalue weighted by molar-refractivity contribution is -0.385. The fourth-order valence-corrected chi connectivity index (χ4v) is 2.23. The fourth-order valence-electron chi connectivity index (χ4n) is 2.23. The third kappa shape index (κ3) is 3.32. The van der Waals surface area contributed by atoms with Crippen molar-refractivity contribution in [2.24, 2.45) is 0 Å². The van der Waals surface area contributed by atoms with E-state index in [1.165, 1.54) is 37.0 Å².